The van der Waals surface area contributed by atoms with Crippen molar-refractivity contribution in [1.82, 2.24) is 10.2 Å². The molecule has 0 saturated carbocycles. The zero-order valence-electron chi connectivity index (χ0n) is 12.6. The lowest BCUT2D eigenvalue weighted by molar-refractivity contribution is -0.149. The van der Waals surface area contributed by atoms with Crippen molar-refractivity contribution in [2.75, 3.05) is 0 Å². The molecule has 2 aliphatic heterocycles. The Morgan fingerprint density at radius 3 is 2.41 bits per heavy atom. The molecule has 0 aliphatic carbocycles. The molecule has 2 aliphatic rings. The molecule has 0 spiro atoms. The number of nitrogens with one attached hydrogen (secondary N) is 1. The molecule has 22 heavy (non-hydrogen) atoms. The van der Waals surface area contributed by atoms with Gasteiger partial charge in [0.1, 0.15) is 6.04 Å². The van der Waals surface area contributed by atoms with Crippen LogP contribution in [0.1, 0.15) is 26.7 Å². The predicted octanol–water partition coefficient (Wildman–Crippen LogP) is 0.855. The Morgan fingerprint density at radius 2 is 1.91 bits per heavy atom. The average Bonchev–Trinajstić information content (AvgIpc) is 2.69. The first-order chi connectivity index (χ1) is 10.3. The minimum atomic E-state index is -0.967. The molecule has 0 bridgehead atoms. The fourth-order valence-electron chi connectivity index (χ4n) is 2.56. The van der Waals surface area contributed by atoms with Crippen molar-refractivity contribution >= 4 is 23.6 Å². The van der Waals surface area contributed by atoms with Crippen molar-refractivity contribution in [3.63, 3.8) is 0 Å². The number of hydrogen-bond acceptors (Lipinski definition) is 4. The summed E-state index contributed by atoms with van der Waals surface area (Å²) >= 11 is 0. The van der Waals surface area contributed by atoms with Crippen molar-refractivity contribution in [2.24, 2.45) is 5.92 Å². The molecule has 1 atom stereocenters. The third-order valence-corrected chi connectivity index (χ3v) is 3.90. The molecule has 1 fully saturated rings. The Morgan fingerprint density at radius 1 is 1.27 bits per heavy atom. The molecule has 0 aromatic rings. The number of rotatable bonds is 4. The monoisotopic (exact) mass is 302 g/mol. The molecule has 116 valence electrons. The Kier molecular flexibility index (Phi) is 4.12. The van der Waals surface area contributed by atoms with Gasteiger partial charge in [0.2, 0.25) is 11.8 Å². The van der Waals surface area contributed by atoms with Gasteiger partial charge in [-0.15, -0.1) is 0 Å². The van der Waals surface area contributed by atoms with Crippen molar-refractivity contribution in [3.8, 4) is 0 Å². The van der Waals surface area contributed by atoms with Crippen molar-refractivity contribution in [1.29, 1.82) is 0 Å². The summed E-state index contributed by atoms with van der Waals surface area (Å²) in [6, 6.07) is -0.967. The summed E-state index contributed by atoms with van der Waals surface area (Å²) in [6.07, 6.45) is 1.54. The van der Waals surface area contributed by atoms with Gasteiger partial charge < -0.3 is 0 Å². The molecule has 6 heteroatoms. The number of amides is 4. The summed E-state index contributed by atoms with van der Waals surface area (Å²) in [5.74, 6) is -2.16. The molecule has 1 saturated heterocycles. The molecule has 0 aromatic heterocycles. The minimum Gasteiger partial charge on any atom is -0.295 e. The van der Waals surface area contributed by atoms with Gasteiger partial charge in [-0.25, -0.2) is 0 Å². The van der Waals surface area contributed by atoms with E-state index in [-0.39, 0.29) is 29.9 Å². The van der Waals surface area contributed by atoms with Gasteiger partial charge in [-0.3, -0.25) is 29.4 Å². The maximum atomic E-state index is 12.6. The highest BCUT2D eigenvalue weighted by atomic mass is 16.2. The molecule has 6 nitrogen and oxygen atoms in total. The molecule has 2 heterocycles. The van der Waals surface area contributed by atoms with Crippen molar-refractivity contribution in [2.45, 2.75) is 32.7 Å². The summed E-state index contributed by atoms with van der Waals surface area (Å²) in [5, 5.41) is 2.16. The molecular weight excluding hydrogens is 284 g/mol. The summed E-state index contributed by atoms with van der Waals surface area (Å²) in [6.45, 7) is 11.2. The topological polar surface area (TPSA) is 83.6 Å². The largest absolute Gasteiger partial charge is 0.295 e. The van der Waals surface area contributed by atoms with Crippen LogP contribution in [0, 0.1) is 5.92 Å². The van der Waals surface area contributed by atoms with E-state index in [4.69, 9.17) is 0 Å². The molecule has 1 unspecified atom stereocenters. The molecule has 4 amide bonds. The van der Waals surface area contributed by atoms with Gasteiger partial charge >= 0.3 is 0 Å². The molecule has 0 aromatic carbocycles. The van der Waals surface area contributed by atoms with Crippen LogP contribution in [0.25, 0.3) is 0 Å². The third-order valence-electron chi connectivity index (χ3n) is 3.90. The van der Waals surface area contributed by atoms with E-state index in [0.29, 0.717) is 5.57 Å². The normalized spacial score (nSPS) is 22.5. The standard InChI is InChI=1S/C16H18N2O4/c1-5-10-13(9(4)8(2)3)16(22)18(15(10)21)11-6-7-12(19)17-14(11)20/h5,8,11H,1,4,6-7H2,2-3H3,(H,17,19,20). The number of carbonyl (C=O) groups is 4. The van der Waals surface area contributed by atoms with Crippen LogP contribution in [0.4, 0.5) is 0 Å². The van der Waals surface area contributed by atoms with Crippen LogP contribution in [0.15, 0.2) is 36.0 Å². The Labute approximate surface area is 128 Å². The lowest BCUT2D eigenvalue weighted by Crippen LogP contribution is -2.54. The second-order valence-electron chi connectivity index (χ2n) is 5.62. The van der Waals surface area contributed by atoms with E-state index < -0.39 is 29.7 Å². The Hall–Kier alpha value is -2.50. The maximum absolute atomic E-state index is 12.6. The quantitative estimate of drug-likeness (QED) is 0.781. The number of nitrogens with zero attached hydrogens (tertiary/aromatic N) is 1. The van der Waals surface area contributed by atoms with E-state index in [1.807, 2.05) is 13.8 Å². The first-order valence-corrected chi connectivity index (χ1v) is 7.07. The lowest BCUT2D eigenvalue weighted by atomic mass is 9.94. The van der Waals surface area contributed by atoms with Crippen LogP contribution in [-0.4, -0.2) is 34.6 Å². The van der Waals surface area contributed by atoms with Gasteiger partial charge in [-0.2, -0.15) is 0 Å². The smallest absolute Gasteiger partial charge is 0.262 e. The van der Waals surface area contributed by atoms with Crippen LogP contribution >= 0.6 is 0 Å². The summed E-state index contributed by atoms with van der Waals surface area (Å²) < 4.78 is 0. The first kappa shape index (κ1) is 15.9. The van der Waals surface area contributed by atoms with Crippen LogP contribution in [-0.2, 0) is 19.2 Å². The van der Waals surface area contributed by atoms with E-state index in [1.54, 1.807) is 0 Å². The van der Waals surface area contributed by atoms with Gasteiger partial charge in [0, 0.05) is 6.42 Å². The number of piperidine rings is 1. The molecule has 2 rings (SSSR count). The number of carbonyl (C=O) groups excluding carboxylic acids is 4. The zero-order chi connectivity index (χ0) is 16.6. The Balaban J connectivity index is 2.39. The number of imide groups is 2. The van der Waals surface area contributed by atoms with Crippen molar-refractivity contribution < 1.29 is 19.2 Å². The van der Waals surface area contributed by atoms with Crippen molar-refractivity contribution in [3.05, 3.63) is 36.0 Å². The van der Waals surface area contributed by atoms with E-state index in [1.165, 1.54) is 6.08 Å². The lowest BCUT2D eigenvalue weighted by Gasteiger charge is -2.28. The minimum absolute atomic E-state index is 0.0246. The van der Waals surface area contributed by atoms with E-state index >= 15 is 0 Å². The average molecular weight is 302 g/mol. The molecule has 1 N–H and O–H groups in total. The van der Waals surface area contributed by atoms with Crippen LogP contribution in [0.5, 0.6) is 0 Å². The summed E-state index contributed by atoms with van der Waals surface area (Å²) in [4.78, 5) is 49.2. The SMILES string of the molecule is C=CC1=C(C(=C)C(C)C)C(=O)N(C2CCC(=O)NC2=O)C1=O. The van der Waals surface area contributed by atoms with Gasteiger partial charge in [-0.1, -0.05) is 33.1 Å². The van der Waals surface area contributed by atoms with Crippen LogP contribution in [0.3, 0.4) is 0 Å². The zero-order valence-corrected chi connectivity index (χ0v) is 12.6. The first-order valence-electron chi connectivity index (χ1n) is 7.07. The highest BCUT2D eigenvalue weighted by molar-refractivity contribution is 6.24. The maximum Gasteiger partial charge on any atom is 0.262 e. The fraction of sp³-hybridized carbons (Fsp3) is 0.375. The Bertz CT molecular complexity index is 643. The molecule has 0 radical (unpaired) electrons. The number of hydrogen-bond donors (Lipinski definition) is 1. The van der Waals surface area contributed by atoms with E-state index in [9.17, 15) is 19.2 Å². The van der Waals surface area contributed by atoms with Gasteiger partial charge in [0.15, 0.2) is 0 Å². The summed E-state index contributed by atoms with van der Waals surface area (Å²) in [7, 11) is 0. The second-order valence-corrected chi connectivity index (χ2v) is 5.62. The van der Waals surface area contributed by atoms with Gasteiger partial charge in [0.05, 0.1) is 11.1 Å². The molecular formula is C16H18N2O4. The van der Waals surface area contributed by atoms with E-state index in [0.717, 1.165) is 4.90 Å². The van der Waals surface area contributed by atoms with Gasteiger partial charge in [0.25, 0.3) is 11.8 Å². The third kappa shape index (κ3) is 2.41. The second kappa shape index (κ2) is 5.71. The highest BCUT2D eigenvalue weighted by Crippen LogP contribution is 2.32. The van der Waals surface area contributed by atoms with Crippen LogP contribution < -0.4 is 5.32 Å². The predicted molar refractivity (Wildman–Crippen MR) is 79.2 cm³/mol. The fourth-order valence-corrected chi connectivity index (χ4v) is 2.56. The van der Waals surface area contributed by atoms with Gasteiger partial charge in [-0.05, 0) is 17.9 Å². The van der Waals surface area contributed by atoms with Crippen LogP contribution in [0.2, 0.25) is 0 Å². The summed E-state index contributed by atoms with van der Waals surface area (Å²) in [5.41, 5.74) is 0.899. The highest BCUT2D eigenvalue weighted by Gasteiger charge is 2.45. The van der Waals surface area contributed by atoms with E-state index in [2.05, 4.69) is 18.5 Å².